The Bertz CT molecular complexity index is 531. The van der Waals surface area contributed by atoms with Crippen molar-refractivity contribution in [2.75, 3.05) is 12.8 Å². The SMILES string of the molecule is COc1cc(C(N)Cc2cnccc2N)ncn1. The molecule has 0 aromatic carbocycles. The Morgan fingerprint density at radius 2 is 2.22 bits per heavy atom. The van der Waals surface area contributed by atoms with Crippen molar-refractivity contribution >= 4 is 5.69 Å². The van der Waals surface area contributed by atoms with Crippen LogP contribution in [0.1, 0.15) is 17.3 Å². The molecule has 2 aromatic heterocycles. The second-order valence-corrected chi connectivity index (χ2v) is 3.87. The zero-order valence-corrected chi connectivity index (χ0v) is 10.1. The summed E-state index contributed by atoms with van der Waals surface area (Å²) in [7, 11) is 1.55. The molecular weight excluding hydrogens is 230 g/mol. The smallest absolute Gasteiger partial charge is 0.216 e. The van der Waals surface area contributed by atoms with Crippen LogP contribution in [0.3, 0.4) is 0 Å². The first-order valence-electron chi connectivity index (χ1n) is 5.50. The summed E-state index contributed by atoms with van der Waals surface area (Å²) >= 11 is 0. The van der Waals surface area contributed by atoms with E-state index in [-0.39, 0.29) is 6.04 Å². The maximum atomic E-state index is 6.09. The number of aromatic nitrogens is 3. The molecule has 2 aromatic rings. The highest BCUT2D eigenvalue weighted by molar-refractivity contribution is 5.45. The molecule has 0 amide bonds. The number of anilines is 1. The predicted octanol–water partition coefficient (Wildman–Crippen LogP) is 0.705. The molecule has 6 heteroatoms. The summed E-state index contributed by atoms with van der Waals surface area (Å²) in [6.07, 6.45) is 5.37. The van der Waals surface area contributed by atoms with Crippen LogP contribution in [0.25, 0.3) is 0 Å². The van der Waals surface area contributed by atoms with Crippen LogP contribution in [0.15, 0.2) is 30.9 Å². The third kappa shape index (κ3) is 2.72. The van der Waals surface area contributed by atoms with Crippen molar-refractivity contribution in [1.29, 1.82) is 0 Å². The average molecular weight is 245 g/mol. The van der Waals surface area contributed by atoms with Gasteiger partial charge in [-0.2, -0.15) is 0 Å². The fourth-order valence-electron chi connectivity index (χ4n) is 1.62. The van der Waals surface area contributed by atoms with Crippen molar-refractivity contribution in [1.82, 2.24) is 15.0 Å². The van der Waals surface area contributed by atoms with Crippen LogP contribution in [0, 0.1) is 0 Å². The van der Waals surface area contributed by atoms with Gasteiger partial charge in [0, 0.05) is 24.1 Å². The van der Waals surface area contributed by atoms with Gasteiger partial charge in [0.2, 0.25) is 5.88 Å². The Morgan fingerprint density at radius 1 is 1.39 bits per heavy atom. The van der Waals surface area contributed by atoms with Crippen LogP contribution in [0.4, 0.5) is 5.69 Å². The molecule has 0 spiro atoms. The quantitative estimate of drug-likeness (QED) is 0.822. The van der Waals surface area contributed by atoms with Crippen molar-refractivity contribution in [2.24, 2.45) is 5.73 Å². The molecule has 0 bridgehead atoms. The molecule has 0 radical (unpaired) electrons. The zero-order valence-electron chi connectivity index (χ0n) is 10.1. The summed E-state index contributed by atoms with van der Waals surface area (Å²) in [6.45, 7) is 0. The summed E-state index contributed by atoms with van der Waals surface area (Å²) in [5.74, 6) is 0.495. The van der Waals surface area contributed by atoms with Crippen LogP contribution < -0.4 is 16.2 Å². The van der Waals surface area contributed by atoms with Crippen molar-refractivity contribution in [3.05, 3.63) is 42.1 Å². The van der Waals surface area contributed by atoms with Crippen LogP contribution in [0.2, 0.25) is 0 Å². The first-order chi connectivity index (χ1) is 8.70. The molecule has 1 atom stereocenters. The molecule has 6 nitrogen and oxygen atoms in total. The highest BCUT2D eigenvalue weighted by atomic mass is 16.5. The minimum absolute atomic E-state index is 0.270. The fourth-order valence-corrected chi connectivity index (χ4v) is 1.62. The van der Waals surface area contributed by atoms with E-state index in [0.29, 0.717) is 23.7 Å². The molecule has 94 valence electrons. The van der Waals surface area contributed by atoms with E-state index in [0.717, 1.165) is 5.56 Å². The average Bonchev–Trinajstić information content (AvgIpc) is 2.41. The van der Waals surface area contributed by atoms with Gasteiger partial charge in [0.05, 0.1) is 18.8 Å². The van der Waals surface area contributed by atoms with Crippen molar-refractivity contribution in [3.63, 3.8) is 0 Å². The molecule has 2 rings (SSSR count). The summed E-state index contributed by atoms with van der Waals surface area (Å²) in [5.41, 5.74) is 14.2. The molecular formula is C12H15N5O. The van der Waals surface area contributed by atoms with Gasteiger partial charge >= 0.3 is 0 Å². The van der Waals surface area contributed by atoms with Gasteiger partial charge in [-0.1, -0.05) is 0 Å². The van der Waals surface area contributed by atoms with Gasteiger partial charge in [0.1, 0.15) is 6.33 Å². The lowest BCUT2D eigenvalue weighted by Crippen LogP contribution is -2.16. The third-order valence-electron chi connectivity index (χ3n) is 2.63. The van der Waals surface area contributed by atoms with E-state index in [9.17, 15) is 0 Å². The maximum Gasteiger partial charge on any atom is 0.216 e. The van der Waals surface area contributed by atoms with Crippen LogP contribution >= 0.6 is 0 Å². The fraction of sp³-hybridized carbons (Fsp3) is 0.250. The number of rotatable bonds is 4. The Labute approximate surface area is 105 Å². The van der Waals surface area contributed by atoms with Crippen LogP contribution in [0.5, 0.6) is 5.88 Å². The molecule has 0 aliphatic rings. The second kappa shape index (κ2) is 5.42. The van der Waals surface area contributed by atoms with Gasteiger partial charge in [0.25, 0.3) is 0 Å². The minimum Gasteiger partial charge on any atom is -0.481 e. The molecule has 0 saturated carbocycles. The van der Waals surface area contributed by atoms with E-state index < -0.39 is 0 Å². The van der Waals surface area contributed by atoms with E-state index in [1.807, 2.05) is 0 Å². The van der Waals surface area contributed by atoms with E-state index >= 15 is 0 Å². The van der Waals surface area contributed by atoms with E-state index in [2.05, 4.69) is 15.0 Å². The first kappa shape index (κ1) is 12.3. The highest BCUT2D eigenvalue weighted by Crippen LogP contribution is 2.19. The molecule has 4 N–H and O–H groups in total. The third-order valence-corrected chi connectivity index (χ3v) is 2.63. The van der Waals surface area contributed by atoms with Crippen LogP contribution in [-0.4, -0.2) is 22.1 Å². The summed E-state index contributed by atoms with van der Waals surface area (Å²) in [4.78, 5) is 12.1. The zero-order chi connectivity index (χ0) is 13.0. The lowest BCUT2D eigenvalue weighted by molar-refractivity contribution is 0.395. The number of nitrogens with two attached hydrogens (primary N) is 2. The monoisotopic (exact) mass is 245 g/mol. The second-order valence-electron chi connectivity index (χ2n) is 3.87. The number of pyridine rings is 1. The Kier molecular flexibility index (Phi) is 3.69. The number of ether oxygens (including phenoxy) is 1. The van der Waals surface area contributed by atoms with Crippen LogP contribution in [-0.2, 0) is 6.42 Å². The predicted molar refractivity (Wildman–Crippen MR) is 67.9 cm³/mol. The number of methoxy groups -OCH3 is 1. The lowest BCUT2D eigenvalue weighted by Gasteiger charge is -2.12. The molecule has 0 aliphatic heterocycles. The van der Waals surface area contributed by atoms with Gasteiger partial charge in [-0.3, -0.25) is 4.98 Å². The standard InChI is InChI=1S/C12H15N5O/c1-18-12-5-11(16-7-17-12)10(14)4-8-6-15-3-2-9(8)13/h2-3,5-7,10H,4,14H2,1H3,(H2,13,15). The normalized spacial score (nSPS) is 12.1. The van der Waals surface area contributed by atoms with E-state index in [1.54, 1.807) is 31.6 Å². The number of nitrogen functional groups attached to an aromatic ring is 1. The van der Waals surface area contributed by atoms with Crippen molar-refractivity contribution in [3.8, 4) is 5.88 Å². The number of nitrogens with zero attached hydrogens (tertiary/aromatic N) is 3. The molecule has 1 unspecified atom stereocenters. The minimum atomic E-state index is -0.270. The largest absolute Gasteiger partial charge is 0.481 e. The molecule has 0 fully saturated rings. The van der Waals surface area contributed by atoms with Gasteiger partial charge < -0.3 is 16.2 Å². The van der Waals surface area contributed by atoms with Gasteiger partial charge in [0.15, 0.2) is 0 Å². The Balaban J connectivity index is 2.16. The number of hydrogen-bond donors (Lipinski definition) is 2. The highest BCUT2D eigenvalue weighted by Gasteiger charge is 2.11. The Hall–Kier alpha value is -2.21. The summed E-state index contributed by atoms with van der Waals surface area (Å²) in [6, 6.07) is 3.20. The maximum absolute atomic E-state index is 6.09. The van der Waals surface area contributed by atoms with E-state index in [1.165, 1.54) is 6.33 Å². The van der Waals surface area contributed by atoms with Gasteiger partial charge in [-0.25, -0.2) is 9.97 Å². The van der Waals surface area contributed by atoms with Gasteiger partial charge in [-0.05, 0) is 18.1 Å². The van der Waals surface area contributed by atoms with Crippen molar-refractivity contribution < 1.29 is 4.74 Å². The molecule has 0 aliphatic carbocycles. The molecule has 18 heavy (non-hydrogen) atoms. The van der Waals surface area contributed by atoms with E-state index in [4.69, 9.17) is 16.2 Å². The summed E-state index contributed by atoms with van der Waals surface area (Å²) in [5, 5.41) is 0. The Morgan fingerprint density at radius 3 is 2.94 bits per heavy atom. The summed E-state index contributed by atoms with van der Waals surface area (Å²) < 4.78 is 5.04. The van der Waals surface area contributed by atoms with Crippen molar-refractivity contribution in [2.45, 2.75) is 12.5 Å². The topological polar surface area (TPSA) is 99.9 Å². The molecule has 2 heterocycles. The first-order valence-corrected chi connectivity index (χ1v) is 5.50. The van der Waals surface area contributed by atoms with Gasteiger partial charge in [-0.15, -0.1) is 0 Å². The lowest BCUT2D eigenvalue weighted by atomic mass is 10.0. The molecule has 0 saturated heterocycles. The number of hydrogen-bond acceptors (Lipinski definition) is 6.